The van der Waals surface area contributed by atoms with Crippen LogP contribution in [0.2, 0.25) is 0 Å². The van der Waals surface area contributed by atoms with Gasteiger partial charge in [-0.05, 0) is 86.5 Å². The molecule has 31 heavy (non-hydrogen) atoms. The number of aromatic hydroxyl groups is 1. The number of phenolic OH excluding ortho intramolecular Hbond substituents is 1. The zero-order valence-electron chi connectivity index (χ0n) is 16.0. The maximum absolute atomic E-state index is 13.9. The van der Waals surface area contributed by atoms with Crippen molar-refractivity contribution in [2.45, 2.75) is 43.3 Å². The molecular weight excluding hydrogens is 543 g/mol. The zero-order valence-corrected chi connectivity index (χ0v) is 19.2. The first kappa shape index (κ1) is 23.6. The van der Waals surface area contributed by atoms with E-state index in [1.165, 1.54) is 12.1 Å². The van der Waals surface area contributed by atoms with E-state index in [0.29, 0.717) is 27.4 Å². The molecule has 2 atom stereocenters. The highest BCUT2D eigenvalue weighted by Gasteiger charge is 2.46. The molecule has 1 aliphatic rings. The summed E-state index contributed by atoms with van der Waals surface area (Å²) >= 11 is 6.42. The van der Waals surface area contributed by atoms with Crippen molar-refractivity contribution < 1.29 is 23.1 Å². The molecule has 0 radical (unpaired) electrons. The number of amides is 1. The maximum atomic E-state index is 13.9. The van der Waals surface area contributed by atoms with Crippen LogP contribution in [-0.4, -0.2) is 29.0 Å². The third-order valence-electron chi connectivity index (χ3n) is 5.02. The highest BCUT2D eigenvalue weighted by atomic mass is 79.9. The number of hydrogen-bond donors (Lipinski definition) is 3. The summed E-state index contributed by atoms with van der Waals surface area (Å²) in [6.45, 7) is 0. The molecule has 0 aromatic heterocycles. The van der Waals surface area contributed by atoms with Gasteiger partial charge in [0.25, 0.3) is 6.43 Å². The van der Waals surface area contributed by atoms with E-state index < -0.39 is 35.8 Å². The minimum absolute atomic E-state index is 0.00916. The molecule has 2 aromatic rings. The van der Waals surface area contributed by atoms with Gasteiger partial charge in [-0.15, -0.1) is 0 Å². The van der Waals surface area contributed by atoms with Gasteiger partial charge in [0.1, 0.15) is 17.1 Å². The Labute approximate surface area is 193 Å². The number of nitriles is 1. The number of hydrogen-bond acceptors (Lipinski definition) is 4. The van der Waals surface area contributed by atoms with E-state index in [1.54, 1.807) is 12.1 Å². The number of phenols is 1. The molecule has 1 fully saturated rings. The van der Waals surface area contributed by atoms with E-state index in [-0.39, 0.29) is 17.7 Å². The molecule has 0 unspecified atom stereocenters. The van der Waals surface area contributed by atoms with Crippen LogP contribution < -0.4 is 10.6 Å². The molecule has 0 heterocycles. The Kier molecular flexibility index (Phi) is 7.29. The van der Waals surface area contributed by atoms with Crippen molar-refractivity contribution in [1.82, 2.24) is 10.6 Å². The molecule has 3 rings (SSSR count). The van der Waals surface area contributed by atoms with E-state index in [1.807, 2.05) is 6.07 Å². The summed E-state index contributed by atoms with van der Waals surface area (Å²) in [5.41, 5.74) is -0.259. The Bertz CT molecular complexity index is 985. The van der Waals surface area contributed by atoms with Gasteiger partial charge in [0.05, 0.1) is 27.1 Å². The van der Waals surface area contributed by atoms with Gasteiger partial charge >= 0.3 is 0 Å². The number of rotatable bonds is 8. The lowest BCUT2D eigenvalue weighted by Gasteiger charge is -2.26. The summed E-state index contributed by atoms with van der Waals surface area (Å²) in [5, 5.41) is 24.5. The quantitative estimate of drug-likeness (QED) is 0.435. The number of alkyl halides is 2. The predicted molar refractivity (Wildman–Crippen MR) is 115 cm³/mol. The fourth-order valence-electron chi connectivity index (χ4n) is 3.11. The van der Waals surface area contributed by atoms with Crippen LogP contribution in [0.3, 0.4) is 0 Å². The Hall–Kier alpha value is -2.09. The molecule has 3 N–H and O–H groups in total. The number of nitrogens with one attached hydrogen (secondary N) is 2. The van der Waals surface area contributed by atoms with E-state index in [2.05, 4.69) is 42.5 Å². The minimum Gasteiger partial charge on any atom is -0.506 e. The molecule has 0 bridgehead atoms. The summed E-state index contributed by atoms with van der Waals surface area (Å²) in [7, 11) is 0. The van der Waals surface area contributed by atoms with Crippen molar-refractivity contribution in [3.63, 3.8) is 0 Å². The molecule has 1 saturated carbocycles. The van der Waals surface area contributed by atoms with Crippen LogP contribution >= 0.6 is 31.9 Å². The Morgan fingerprint density at radius 1 is 1.19 bits per heavy atom. The van der Waals surface area contributed by atoms with Crippen molar-refractivity contribution >= 4 is 37.8 Å². The van der Waals surface area contributed by atoms with Crippen LogP contribution in [-0.2, 0) is 11.2 Å². The molecular formula is C21H18Br2F3N3O2. The van der Waals surface area contributed by atoms with Gasteiger partial charge in [0, 0.05) is 0 Å². The number of carbonyl (C=O) groups is 1. The predicted octanol–water partition coefficient (Wildman–Crippen LogP) is 4.74. The van der Waals surface area contributed by atoms with Crippen molar-refractivity contribution in [3.8, 4) is 11.8 Å². The molecule has 5 nitrogen and oxygen atoms in total. The number of nitrogens with zero attached hydrogens (tertiary/aromatic N) is 1. The van der Waals surface area contributed by atoms with Crippen LogP contribution in [0, 0.1) is 17.1 Å². The second kappa shape index (κ2) is 9.59. The minimum atomic E-state index is -2.87. The molecule has 164 valence electrons. The molecule has 2 aromatic carbocycles. The first-order valence-corrected chi connectivity index (χ1v) is 10.9. The van der Waals surface area contributed by atoms with Crippen LogP contribution in [0.25, 0.3) is 0 Å². The Morgan fingerprint density at radius 2 is 1.77 bits per heavy atom. The van der Waals surface area contributed by atoms with Crippen molar-refractivity contribution in [2.75, 3.05) is 0 Å². The van der Waals surface area contributed by atoms with Crippen LogP contribution in [0.15, 0.2) is 45.3 Å². The summed E-state index contributed by atoms with van der Waals surface area (Å²) in [4.78, 5) is 12.9. The topological polar surface area (TPSA) is 85.2 Å². The van der Waals surface area contributed by atoms with Crippen LogP contribution in [0.1, 0.15) is 30.0 Å². The fraction of sp³-hybridized carbons (Fsp3) is 0.333. The van der Waals surface area contributed by atoms with E-state index in [4.69, 9.17) is 0 Å². The first-order chi connectivity index (χ1) is 14.6. The average Bonchev–Trinajstić information content (AvgIpc) is 3.49. The van der Waals surface area contributed by atoms with Crippen LogP contribution in [0.4, 0.5) is 13.2 Å². The summed E-state index contributed by atoms with van der Waals surface area (Å²) in [6.07, 6.45) is -1.87. The van der Waals surface area contributed by atoms with E-state index in [0.717, 1.165) is 12.1 Å². The summed E-state index contributed by atoms with van der Waals surface area (Å²) < 4.78 is 41.7. The maximum Gasteiger partial charge on any atom is 0.257 e. The second-order valence-electron chi connectivity index (χ2n) is 7.38. The molecule has 10 heteroatoms. The average molecular weight is 561 g/mol. The van der Waals surface area contributed by atoms with Crippen molar-refractivity contribution in [3.05, 3.63) is 62.3 Å². The van der Waals surface area contributed by atoms with Gasteiger partial charge in [-0.3, -0.25) is 10.1 Å². The lowest BCUT2D eigenvalue weighted by atomic mass is 10.0. The molecule has 0 saturated heterocycles. The molecule has 0 aliphatic heterocycles. The first-order valence-electron chi connectivity index (χ1n) is 9.34. The fourth-order valence-corrected chi connectivity index (χ4v) is 4.39. The monoisotopic (exact) mass is 559 g/mol. The van der Waals surface area contributed by atoms with Gasteiger partial charge in [0.2, 0.25) is 5.91 Å². The lowest BCUT2D eigenvalue weighted by Crippen LogP contribution is -2.51. The number of benzene rings is 2. The standard InChI is InChI=1S/C21H18Br2F3N3O2/c22-14-7-11(8-15(23)18(14)30)9-16(20(31)29-21(10-27)5-6-21)28-17(19(25)26)12-1-3-13(24)4-2-12/h1-4,7-8,16-17,19,28,30H,5-6,9H2,(H,29,31)/t16-,17-/m0/s1. The summed E-state index contributed by atoms with van der Waals surface area (Å²) in [6, 6.07) is 7.18. The van der Waals surface area contributed by atoms with Gasteiger partial charge in [-0.1, -0.05) is 12.1 Å². The number of halogens is 5. The zero-order chi connectivity index (χ0) is 22.8. The van der Waals surface area contributed by atoms with Gasteiger partial charge < -0.3 is 10.4 Å². The third kappa shape index (κ3) is 5.79. The highest BCUT2D eigenvalue weighted by molar-refractivity contribution is 9.11. The van der Waals surface area contributed by atoms with Gasteiger partial charge in [0.15, 0.2) is 0 Å². The van der Waals surface area contributed by atoms with Crippen LogP contribution in [0.5, 0.6) is 5.75 Å². The molecule has 1 aliphatic carbocycles. The van der Waals surface area contributed by atoms with Crippen molar-refractivity contribution in [1.29, 1.82) is 5.26 Å². The largest absolute Gasteiger partial charge is 0.506 e. The van der Waals surface area contributed by atoms with Gasteiger partial charge in [-0.25, -0.2) is 13.2 Å². The normalized spacial score (nSPS) is 16.4. The number of carbonyl (C=O) groups excluding carboxylic acids is 1. The van der Waals surface area contributed by atoms with Crippen molar-refractivity contribution in [2.24, 2.45) is 0 Å². The third-order valence-corrected chi connectivity index (χ3v) is 6.23. The lowest BCUT2D eigenvalue weighted by molar-refractivity contribution is -0.124. The van der Waals surface area contributed by atoms with Gasteiger partial charge in [-0.2, -0.15) is 5.26 Å². The molecule has 0 spiro atoms. The Balaban J connectivity index is 1.89. The SMILES string of the molecule is N#CC1(NC(=O)[C@H](Cc2cc(Br)c(O)c(Br)c2)N[C@@H](c2ccc(F)cc2)C(F)F)CC1. The summed E-state index contributed by atoms with van der Waals surface area (Å²) in [5.74, 6) is -1.18. The Morgan fingerprint density at radius 3 is 2.26 bits per heavy atom. The molecule has 1 amide bonds. The van der Waals surface area contributed by atoms with E-state index >= 15 is 0 Å². The van der Waals surface area contributed by atoms with E-state index in [9.17, 15) is 28.3 Å². The second-order valence-corrected chi connectivity index (χ2v) is 9.09. The smallest absolute Gasteiger partial charge is 0.257 e. The highest BCUT2D eigenvalue weighted by Crippen LogP contribution is 2.36.